The third kappa shape index (κ3) is 5.12. The molecule has 1 aromatic carbocycles. The molecule has 3 rings (SSSR count). The van der Waals surface area contributed by atoms with Crippen LogP contribution in [0, 0.1) is 20.8 Å². The van der Waals surface area contributed by atoms with Gasteiger partial charge in [0.05, 0.1) is 17.6 Å². The van der Waals surface area contributed by atoms with Crippen LogP contribution in [0.3, 0.4) is 0 Å². The van der Waals surface area contributed by atoms with Crippen molar-refractivity contribution in [1.29, 1.82) is 0 Å². The van der Waals surface area contributed by atoms with E-state index in [9.17, 15) is 13.2 Å². The molecule has 0 spiro atoms. The van der Waals surface area contributed by atoms with Gasteiger partial charge in [-0.25, -0.2) is 13.1 Å². The molecule has 0 aliphatic rings. The molecule has 0 atom stereocenters. The highest BCUT2D eigenvalue weighted by Crippen LogP contribution is 2.22. The first-order valence-electron chi connectivity index (χ1n) is 8.99. The lowest BCUT2D eigenvalue weighted by Crippen LogP contribution is -2.28. The molecule has 0 unspecified atom stereocenters. The number of furan rings is 1. The van der Waals surface area contributed by atoms with Gasteiger partial charge in [0.25, 0.3) is 0 Å². The maximum absolute atomic E-state index is 12.6. The molecule has 3 aromatic rings. The minimum Gasteiger partial charge on any atom is -0.461 e. The van der Waals surface area contributed by atoms with E-state index in [4.69, 9.17) is 13.7 Å². The summed E-state index contributed by atoms with van der Waals surface area (Å²) in [6, 6.07) is 8.67. The van der Waals surface area contributed by atoms with Crippen LogP contribution in [-0.4, -0.2) is 26.1 Å². The van der Waals surface area contributed by atoms with Gasteiger partial charge in [-0.15, -0.1) is 0 Å². The molecule has 0 aliphatic carbocycles. The number of sulfonamides is 1. The van der Waals surface area contributed by atoms with E-state index in [2.05, 4.69) is 9.88 Å². The van der Waals surface area contributed by atoms with Crippen LogP contribution in [0.1, 0.15) is 28.8 Å². The van der Waals surface area contributed by atoms with Crippen molar-refractivity contribution in [2.24, 2.45) is 0 Å². The van der Waals surface area contributed by atoms with E-state index < -0.39 is 16.0 Å². The van der Waals surface area contributed by atoms with Crippen LogP contribution < -0.4 is 4.72 Å². The fourth-order valence-corrected chi connectivity index (χ4v) is 4.57. The van der Waals surface area contributed by atoms with E-state index in [0.29, 0.717) is 28.3 Å². The topological polar surface area (TPSA) is 112 Å². The van der Waals surface area contributed by atoms with Gasteiger partial charge >= 0.3 is 5.97 Å². The van der Waals surface area contributed by atoms with Crippen molar-refractivity contribution in [3.8, 4) is 11.5 Å². The average molecular weight is 418 g/mol. The van der Waals surface area contributed by atoms with Crippen LogP contribution in [-0.2, 0) is 26.2 Å². The second-order valence-corrected chi connectivity index (χ2v) is 8.40. The second kappa shape index (κ2) is 8.62. The van der Waals surface area contributed by atoms with Crippen molar-refractivity contribution >= 4 is 16.0 Å². The summed E-state index contributed by atoms with van der Waals surface area (Å²) >= 11 is 0. The van der Waals surface area contributed by atoms with Crippen molar-refractivity contribution in [3.63, 3.8) is 0 Å². The summed E-state index contributed by atoms with van der Waals surface area (Å²) in [5.74, 6) is 0.399. The molecule has 0 bridgehead atoms. The van der Waals surface area contributed by atoms with Gasteiger partial charge in [0.1, 0.15) is 12.3 Å². The Kier molecular flexibility index (Phi) is 6.19. The van der Waals surface area contributed by atoms with E-state index in [1.807, 2.05) is 19.1 Å². The average Bonchev–Trinajstić information content (AvgIpc) is 3.30. The molecular formula is C20H22N2O6S. The summed E-state index contributed by atoms with van der Waals surface area (Å²) in [6.07, 6.45) is 1.41. The molecule has 2 heterocycles. The number of hydrogen-bond acceptors (Lipinski definition) is 7. The van der Waals surface area contributed by atoms with E-state index in [1.165, 1.54) is 6.26 Å². The summed E-state index contributed by atoms with van der Waals surface area (Å²) in [7, 11) is -3.72. The van der Waals surface area contributed by atoms with Crippen molar-refractivity contribution in [3.05, 3.63) is 59.0 Å². The fourth-order valence-electron chi connectivity index (χ4n) is 3.09. The van der Waals surface area contributed by atoms with Crippen LogP contribution >= 0.6 is 0 Å². The second-order valence-electron chi connectivity index (χ2n) is 6.70. The Morgan fingerprint density at radius 1 is 1.14 bits per heavy atom. The van der Waals surface area contributed by atoms with Gasteiger partial charge in [0.15, 0.2) is 5.76 Å². The molecule has 0 aliphatic heterocycles. The highest BCUT2D eigenvalue weighted by Gasteiger charge is 2.20. The zero-order valence-corrected chi connectivity index (χ0v) is 17.2. The number of esters is 1. The quantitative estimate of drug-likeness (QED) is 0.559. The Morgan fingerprint density at radius 3 is 2.52 bits per heavy atom. The molecule has 0 fully saturated rings. The lowest BCUT2D eigenvalue weighted by atomic mass is 10.1. The number of aromatic nitrogens is 1. The van der Waals surface area contributed by atoms with E-state index in [0.717, 1.165) is 5.56 Å². The van der Waals surface area contributed by atoms with Gasteiger partial charge in [0, 0.05) is 12.6 Å². The molecule has 0 saturated heterocycles. The normalized spacial score (nSPS) is 11.6. The SMILES string of the molecule is Cc1cc(C)c(S(=O)(=O)NCCC(=O)OCc2cc(-c3ccco3)on2)c(C)c1. The summed E-state index contributed by atoms with van der Waals surface area (Å²) in [5, 5.41) is 3.81. The number of carbonyl (C=O) groups is 1. The van der Waals surface area contributed by atoms with Crippen LogP contribution in [0.2, 0.25) is 0 Å². The first kappa shape index (κ1) is 20.8. The van der Waals surface area contributed by atoms with E-state index in [-0.39, 0.29) is 24.5 Å². The first-order valence-corrected chi connectivity index (χ1v) is 10.5. The van der Waals surface area contributed by atoms with E-state index in [1.54, 1.807) is 32.0 Å². The van der Waals surface area contributed by atoms with E-state index >= 15 is 0 Å². The highest BCUT2D eigenvalue weighted by atomic mass is 32.2. The zero-order chi connectivity index (χ0) is 21.0. The highest BCUT2D eigenvalue weighted by molar-refractivity contribution is 7.89. The predicted molar refractivity (Wildman–Crippen MR) is 104 cm³/mol. The fraction of sp³-hybridized carbons (Fsp3) is 0.300. The zero-order valence-electron chi connectivity index (χ0n) is 16.4. The molecule has 154 valence electrons. The number of nitrogens with one attached hydrogen (secondary N) is 1. The van der Waals surface area contributed by atoms with Gasteiger partial charge in [0.2, 0.25) is 15.8 Å². The number of ether oxygens (including phenoxy) is 1. The molecule has 0 saturated carbocycles. The summed E-state index contributed by atoms with van der Waals surface area (Å²) in [6.45, 7) is 5.26. The maximum atomic E-state index is 12.6. The minimum atomic E-state index is -3.72. The van der Waals surface area contributed by atoms with Crippen molar-refractivity contribution in [2.45, 2.75) is 38.7 Å². The van der Waals surface area contributed by atoms with Gasteiger partial charge in [-0.2, -0.15) is 0 Å². The summed E-state index contributed by atoms with van der Waals surface area (Å²) < 4.78 is 43.0. The molecule has 29 heavy (non-hydrogen) atoms. The smallest absolute Gasteiger partial charge is 0.307 e. The molecule has 1 N–H and O–H groups in total. The molecule has 0 radical (unpaired) electrons. The molecule has 9 heteroatoms. The van der Waals surface area contributed by atoms with Crippen LogP contribution in [0.25, 0.3) is 11.5 Å². The Bertz CT molecular complexity index is 1080. The number of hydrogen-bond donors (Lipinski definition) is 1. The lowest BCUT2D eigenvalue weighted by molar-refractivity contribution is -0.144. The lowest BCUT2D eigenvalue weighted by Gasteiger charge is -2.13. The predicted octanol–water partition coefficient (Wildman–Crippen LogP) is 3.27. The third-order valence-electron chi connectivity index (χ3n) is 4.20. The Morgan fingerprint density at radius 2 is 1.86 bits per heavy atom. The number of carbonyl (C=O) groups excluding carboxylic acids is 1. The van der Waals surface area contributed by atoms with Gasteiger partial charge in [-0.05, 0) is 44.0 Å². The van der Waals surface area contributed by atoms with Gasteiger partial charge in [-0.1, -0.05) is 22.9 Å². The van der Waals surface area contributed by atoms with Crippen LogP contribution in [0.5, 0.6) is 0 Å². The van der Waals surface area contributed by atoms with Crippen molar-refractivity contribution < 1.29 is 26.9 Å². The Labute approximate surface area is 168 Å². The molecular weight excluding hydrogens is 396 g/mol. The number of rotatable bonds is 8. The van der Waals surface area contributed by atoms with Crippen molar-refractivity contribution in [1.82, 2.24) is 9.88 Å². The standard InChI is InChI=1S/C20H22N2O6S/c1-13-9-14(2)20(15(3)10-13)29(24,25)21-7-6-19(23)27-12-16-11-18(28-22-16)17-5-4-8-26-17/h4-5,8-11,21H,6-7,12H2,1-3H3. The molecule has 2 aromatic heterocycles. The Balaban J connectivity index is 1.50. The van der Waals surface area contributed by atoms with Crippen LogP contribution in [0.4, 0.5) is 0 Å². The summed E-state index contributed by atoms with van der Waals surface area (Å²) in [5.41, 5.74) is 2.74. The minimum absolute atomic E-state index is 0.0651. The first-order chi connectivity index (χ1) is 13.8. The maximum Gasteiger partial charge on any atom is 0.307 e. The number of benzene rings is 1. The Hall–Kier alpha value is -2.91. The monoisotopic (exact) mass is 418 g/mol. The summed E-state index contributed by atoms with van der Waals surface area (Å²) in [4.78, 5) is 12.2. The largest absolute Gasteiger partial charge is 0.461 e. The molecule has 8 nitrogen and oxygen atoms in total. The third-order valence-corrected chi connectivity index (χ3v) is 5.96. The van der Waals surface area contributed by atoms with Crippen molar-refractivity contribution in [2.75, 3.05) is 6.54 Å². The van der Waals surface area contributed by atoms with Gasteiger partial charge < -0.3 is 13.7 Å². The number of aryl methyl sites for hydroxylation is 3. The van der Waals surface area contributed by atoms with Gasteiger partial charge in [-0.3, -0.25) is 4.79 Å². The molecule has 0 amide bonds. The number of nitrogens with zero attached hydrogens (tertiary/aromatic N) is 1. The van der Waals surface area contributed by atoms with Crippen LogP contribution in [0.15, 0.2) is 50.4 Å².